The number of carbonyl (C=O) groups excluding carboxylic acids is 2. The van der Waals surface area contributed by atoms with Gasteiger partial charge in [-0.15, -0.1) is 0 Å². The fourth-order valence-electron chi connectivity index (χ4n) is 3.63. The molecule has 3 rings (SSSR count). The molecule has 1 aliphatic heterocycles. The van der Waals surface area contributed by atoms with Gasteiger partial charge in [-0.2, -0.15) is 5.10 Å². The molecule has 7 heteroatoms. The van der Waals surface area contributed by atoms with E-state index in [4.69, 9.17) is 0 Å². The number of hydrogen-bond donors (Lipinski definition) is 0. The monoisotopic (exact) mass is 386 g/mol. The van der Waals surface area contributed by atoms with Gasteiger partial charge >= 0.3 is 0 Å². The van der Waals surface area contributed by atoms with Crippen LogP contribution in [-0.2, 0) is 22.6 Å². The number of nitrogens with zero attached hydrogens (tertiary/aromatic N) is 4. The molecule has 0 saturated carbocycles. The number of piperidine rings is 1. The second-order valence-electron chi connectivity index (χ2n) is 7.14. The van der Waals surface area contributed by atoms with Gasteiger partial charge in [0.25, 0.3) is 0 Å². The largest absolute Gasteiger partial charge is 0.342 e. The molecule has 0 radical (unpaired) electrons. The number of likely N-dealkylation sites (N-methyl/N-ethyl adjacent to an activating group) is 1. The van der Waals surface area contributed by atoms with Gasteiger partial charge < -0.3 is 9.80 Å². The second-order valence-corrected chi connectivity index (χ2v) is 7.14. The van der Waals surface area contributed by atoms with Crippen LogP contribution in [0.3, 0.4) is 0 Å². The number of aromatic nitrogens is 2. The first-order chi connectivity index (χ1) is 13.6. The summed E-state index contributed by atoms with van der Waals surface area (Å²) in [5.41, 5.74) is 0.857. The van der Waals surface area contributed by atoms with Gasteiger partial charge in [0.15, 0.2) is 0 Å². The molecule has 1 aliphatic rings. The molecule has 0 spiro atoms. The van der Waals surface area contributed by atoms with Crippen molar-refractivity contribution in [3.05, 3.63) is 54.1 Å². The van der Waals surface area contributed by atoms with Crippen LogP contribution in [0, 0.1) is 11.7 Å². The molecule has 0 aliphatic carbocycles. The highest BCUT2D eigenvalue weighted by Crippen LogP contribution is 2.20. The maximum atomic E-state index is 13.3. The van der Waals surface area contributed by atoms with Crippen molar-refractivity contribution in [3.8, 4) is 0 Å². The summed E-state index contributed by atoms with van der Waals surface area (Å²) >= 11 is 0. The van der Waals surface area contributed by atoms with Gasteiger partial charge in [0.1, 0.15) is 5.82 Å². The highest BCUT2D eigenvalue weighted by Gasteiger charge is 2.32. The van der Waals surface area contributed by atoms with E-state index in [1.54, 1.807) is 17.2 Å². The fraction of sp³-hybridized carbons (Fsp3) is 0.476. The van der Waals surface area contributed by atoms with Crippen LogP contribution < -0.4 is 0 Å². The lowest BCUT2D eigenvalue weighted by molar-refractivity contribution is -0.143. The molecule has 6 nitrogen and oxygen atoms in total. The Labute approximate surface area is 164 Å². The third-order valence-corrected chi connectivity index (χ3v) is 5.26. The summed E-state index contributed by atoms with van der Waals surface area (Å²) in [6.07, 6.45) is 5.16. The molecule has 1 saturated heterocycles. The predicted molar refractivity (Wildman–Crippen MR) is 104 cm³/mol. The number of benzene rings is 1. The highest BCUT2D eigenvalue weighted by atomic mass is 19.1. The maximum Gasteiger partial charge on any atom is 0.227 e. The zero-order valence-electron chi connectivity index (χ0n) is 16.3. The molecule has 1 aromatic heterocycles. The van der Waals surface area contributed by atoms with Crippen LogP contribution in [0.4, 0.5) is 4.39 Å². The van der Waals surface area contributed by atoms with Gasteiger partial charge in [-0.3, -0.25) is 14.3 Å². The molecule has 0 N–H and O–H groups in total. The minimum absolute atomic E-state index is 0.0695. The third-order valence-electron chi connectivity index (χ3n) is 5.26. The molecule has 0 bridgehead atoms. The fourth-order valence-corrected chi connectivity index (χ4v) is 3.63. The molecular weight excluding hydrogens is 359 g/mol. The van der Waals surface area contributed by atoms with Gasteiger partial charge in [-0.25, -0.2) is 4.39 Å². The summed E-state index contributed by atoms with van der Waals surface area (Å²) in [4.78, 5) is 28.8. The first-order valence-corrected chi connectivity index (χ1v) is 9.85. The number of carbonyl (C=O) groups is 2. The zero-order chi connectivity index (χ0) is 19.9. The molecule has 2 heterocycles. The van der Waals surface area contributed by atoms with Crippen LogP contribution in [0.5, 0.6) is 0 Å². The number of hydrogen-bond acceptors (Lipinski definition) is 3. The Kier molecular flexibility index (Phi) is 6.79. The summed E-state index contributed by atoms with van der Waals surface area (Å²) < 4.78 is 15.2. The normalized spacial score (nSPS) is 17.0. The van der Waals surface area contributed by atoms with Crippen LogP contribution in [0.2, 0.25) is 0 Å². The van der Waals surface area contributed by atoms with Crippen LogP contribution in [-0.4, -0.2) is 57.6 Å². The number of likely N-dealkylation sites (tertiary alicyclic amines) is 1. The Bertz CT molecular complexity index is 793. The molecular formula is C21H27FN4O2. The number of rotatable bonds is 8. The van der Waals surface area contributed by atoms with E-state index in [2.05, 4.69) is 5.10 Å². The van der Waals surface area contributed by atoms with Gasteiger partial charge in [-0.05, 0) is 43.5 Å². The van der Waals surface area contributed by atoms with Crippen molar-refractivity contribution in [2.75, 3.05) is 26.2 Å². The standard InChI is InChI=1S/C21H27FN4O2/c1-2-24(13-14-26-11-4-10-23-26)21(28)18-7-8-20(27)25(16-18)12-9-17-5-3-6-19(22)15-17/h3-6,10-11,15,18H,2,7-9,12-14,16H2,1H3/t18-/m1/s1. The average molecular weight is 386 g/mol. The summed E-state index contributed by atoms with van der Waals surface area (Å²) in [5, 5.41) is 4.17. The van der Waals surface area contributed by atoms with Crippen LogP contribution in [0.15, 0.2) is 42.7 Å². The summed E-state index contributed by atoms with van der Waals surface area (Å²) in [7, 11) is 0. The Morgan fingerprint density at radius 3 is 2.89 bits per heavy atom. The maximum absolute atomic E-state index is 13.3. The third kappa shape index (κ3) is 5.18. The predicted octanol–water partition coefficient (Wildman–Crippen LogP) is 2.35. The summed E-state index contributed by atoms with van der Waals surface area (Å²) in [6.45, 7) is 4.80. The molecule has 28 heavy (non-hydrogen) atoms. The minimum Gasteiger partial charge on any atom is -0.342 e. The Morgan fingerprint density at radius 1 is 1.32 bits per heavy atom. The van der Waals surface area contributed by atoms with E-state index in [1.165, 1.54) is 12.1 Å². The van der Waals surface area contributed by atoms with E-state index >= 15 is 0 Å². The number of halogens is 1. The van der Waals surface area contributed by atoms with Crippen LogP contribution in [0.25, 0.3) is 0 Å². The Hall–Kier alpha value is -2.70. The lowest BCUT2D eigenvalue weighted by Crippen LogP contribution is -2.48. The van der Waals surface area contributed by atoms with Gasteiger partial charge in [0, 0.05) is 45.0 Å². The van der Waals surface area contributed by atoms with E-state index in [0.29, 0.717) is 52.0 Å². The molecule has 150 valence electrons. The Balaban J connectivity index is 1.55. The van der Waals surface area contributed by atoms with E-state index < -0.39 is 0 Å². The van der Waals surface area contributed by atoms with Gasteiger partial charge in [0.2, 0.25) is 11.8 Å². The summed E-state index contributed by atoms with van der Waals surface area (Å²) in [6, 6.07) is 8.29. The van der Waals surface area contributed by atoms with E-state index in [9.17, 15) is 14.0 Å². The van der Waals surface area contributed by atoms with E-state index in [-0.39, 0.29) is 23.5 Å². The topological polar surface area (TPSA) is 58.4 Å². The molecule has 1 fully saturated rings. The van der Waals surface area contributed by atoms with Crippen molar-refractivity contribution in [2.45, 2.75) is 32.7 Å². The molecule has 1 aromatic carbocycles. The second kappa shape index (κ2) is 9.48. The quantitative estimate of drug-likeness (QED) is 0.700. The van der Waals surface area contributed by atoms with Gasteiger partial charge in [-0.1, -0.05) is 12.1 Å². The molecule has 2 aromatic rings. The molecule has 0 unspecified atom stereocenters. The van der Waals surface area contributed by atoms with Crippen molar-refractivity contribution in [1.82, 2.24) is 19.6 Å². The lowest BCUT2D eigenvalue weighted by atomic mass is 9.95. The smallest absolute Gasteiger partial charge is 0.227 e. The van der Waals surface area contributed by atoms with Crippen LogP contribution in [0.1, 0.15) is 25.3 Å². The van der Waals surface area contributed by atoms with E-state index in [0.717, 1.165) is 5.56 Å². The number of amides is 2. The first-order valence-electron chi connectivity index (χ1n) is 9.85. The zero-order valence-corrected chi connectivity index (χ0v) is 16.3. The van der Waals surface area contributed by atoms with Crippen LogP contribution >= 0.6 is 0 Å². The molecule has 1 atom stereocenters. The van der Waals surface area contributed by atoms with Crippen molar-refractivity contribution in [2.24, 2.45) is 5.92 Å². The summed E-state index contributed by atoms with van der Waals surface area (Å²) in [5.74, 6) is -0.285. The lowest BCUT2D eigenvalue weighted by Gasteiger charge is -2.34. The van der Waals surface area contributed by atoms with Crippen molar-refractivity contribution < 1.29 is 14.0 Å². The van der Waals surface area contributed by atoms with Gasteiger partial charge in [0.05, 0.1) is 12.5 Å². The van der Waals surface area contributed by atoms with Crippen molar-refractivity contribution in [3.63, 3.8) is 0 Å². The van der Waals surface area contributed by atoms with E-state index in [1.807, 2.05) is 34.8 Å². The SMILES string of the molecule is CCN(CCn1cccn1)C(=O)[C@@H]1CCC(=O)N(CCc2cccc(F)c2)C1. The molecule has 2 amide bonds. The van der Waals surface area contributed by atoms with Crippen molar-refractivity contribution >= 4 is 11.8 Å². The first kappa shape index (κ1) is 20.0. The minimum atomic E-state index is -0.272. The average Bonchev–Trinajstić information content (AvgIpc) is 3.21. The highest BCUT2D eigenvalue weighted by molar-refractivity contribution is 5.83. The Morgan fingerprint density at radius 2 is 2.18 bits per heavy atom. The van der Waals surface area contributed by atoms with Crippen molar-refractivity contribution in [1.29, 1.82) is 0 Å².